The second-order valence-electron chi connectivity index (χ2n) is 11.9. The Labute approximate surface area is 239 Å². The first-order valence-corrected chi connectivity index (χ1v) is 15.6. The van der Waals surface area contributed by atoms with E-state index in [0.29, 0.717) is 29.3 Å². The van der Waals surface area contributed by atoms with Crippen LogP contribution in [0.25, 0.3) is 0 Å². The summed E-state index contributed by atoms with van der Waals surface area (Å²) >= 11 is 12.6. The van der Waals surface area contributed by atoms with Gasteiger partial charge < -0.3 is 10.0 Å². The van der Waals surface area contributed by atoms with Crippen LogP contribution in [-0.4, -0.2) is 47.6 Å². The zero-order valence-corrected chi connectivity index (χ0v) is 24.4. The summed E-state index contributed by atoms with van der Waals surface area (Å²) in [6, 6.07) is 13.9. The summed E-state index contributed by atoms with van der Waals surface area (Å²) in [5.74, 6) is -1.47. The lowest BCUT2D eigenvalue weighted by Gasteiger charge is -2.52. The van der Waals surface area contributed by atoms with Crippen molar-refractivity contribution in [1.82, 2.24) is 9.62 Å². The molecule has 2 N–H and O–H groups in total. The number of piperidine rings is 1. The molecule has 39 heavy (non-hydrogen) atoms. The molecule has 2 aliphatic carbocycles. The van der Waals surface area contributed by atoms with Crippen LogP contribution in [0, 0.1) is 11.3 Å². The van der Waals surface area contributed by atoms with Gasteiger partial charge in [-0.2, -0.15) is 0 Å². The number of rotatable bonds is 10. The minimum absolute atomic E-state index is 0.0871. The summed E-state index contributed by atoms with van der Waals surface area (Å²) in [5.41, 5.74) is 0.575. The second-order valence-corrected chi connectivity index (χ2v) is 15.1. The average molecular weight is 594 g/mol. The molecule has 7 nitrogen and oxygen atoms in total. The van der Waals surface area contributed by atoms with E-state index in [4.69, 9.17) is 23.2 Å². The van der Waals surface area contributed by atoms with Crippen LogP contribution in [0.15, 0.2) is 48.5 Å². The predicted molar refractivity (Wildman–Crippen MR) is 151 cm³/mol. The van der Waals surface area contributed by atoms with E-state index in [9.17, 15) is 23.1 Å². The van der Waals surface area contributed by atoms with Crippen molar-refractivity contribution >= 4 is 45.1 Å². The number of carbonyl (C=O) groups is 2. The lowest BCUT2D eigenvalue weighted by Crippen LogP contribution is -2.59. The highest BCUT2D eigenvalue weighted by molar-refractivity contribution is 7.91. The molecule has 1 aliphatic heterocycles. The van der Waals surface area contributed by atoms with Gasteiger partial charge in [0.2, 0.25) is 15.9 Å². The van der Waals surface area contributed by atoms with E-state index in [0.717, 1.165) is 24.0 Å². The molecule has 1 amide bonds. The highest BCUT2D eigenvalue weighted by Gasteiger charge is 2.55. The number of likely N-dealkylation sites (tertiary alicyclic amines) is 1. The number of carboxylic acids is 1. The zero-order valence-electron chi connectivity index (χ0n) is 22.1. The Morgan fingerprint density at radius 2 is 1.74 bits per heavy atom. The van der Waals surface area contributed by atoms with Gasteiger partial charge in [-0.15, -0.1) is 0 Å². The van der Waals surface area contributed by atoms with Gasteiger partial charge in [0.25, 0.3) is 0 Å². The van der Waals surface area contributed by atoms with Crippen molar-refractivity contribution in [3.8, 4) is 0 Å². The van der Waals surface area contributed by atoms with Gasteiger partial charge in [0.1, 0.15) is 0 Å². The minimum Gasteiger partial charge on any atom is -0.481 e. The van der Waals surface area contributed by atoms with Crippen molar-refractivity contribution in [3.63, 3.8) is 0 Å². The number of hydrogen-bond acceptors (Lipinski definition) is 4. The summed E-state index contributed by atoms with van der Waals surface area (Å²) in [5, 5.41) is 10.9. The normalized spacial score (nSPS) is 27.3. The molecule has 1 saturated heterocycles. The summed E-state index contributed by atoms with van der Waals surface area (Å²) < 4.78 is 28.2. The summed E-state index contributed by atoms with van der Waals surface area (Å²) in [6.07, 6.45) is 2.95. The Balaban J connectivity index is 1.63. The van der Waals surface area contributed by atoms with E-state index in [2.05, 4.69) is 4.72 Å². The van der Waals surface area contributed by atoms with Crippen molar-refractivity contribution in [1.29, 1.82) is 0 Å². The Kier molecular flexibility index (Phi) is 7.55. The Morgan fingerprint density at radius 3 is 2.31 bits per heavy atom. The Hall–Kier alpha value is -2.13. The number of nitrogens with zero attached hydrogens (tertiary/aromatic N) is 1. The first-order valence-electron chi connectivity index (χ1n) is 13.4. The average Bonchev–Trinajstić information content (AvgIpc) is 3.79. The molecule has 2 aromatic carbocycles. The van der Waals surface area contributed by atoms with Crippen molar-refractivity contribution in [3.05, 3.63) is 69.7 Å². The molecule has 210 valence electrons. The number of carbonyl (C=O) groups excluding carboxylic acids is 1. The lowest BCUT2D eigenvalue weighted by molar-refractivity contribution is -0.161. The van der Waals surface area contributed by atoms with Crippen LogP contribution in [0.5, 0.6) is 0 Å². The molecule has 4 atom stereocenters. The maximum atomic E-state index is 14.4. The number of carboxylic acid groups (broad SMARTS) is 1. The van der Waals surface area contributed by atoms with Gasteiger partial charge in [0.05, 0.1) is 22.6 Å². The first kappa shape index (κ1) is 28.4. The number of amides is 1. The fraction of sp³-hybridized carbons (Fsp3) is 0.517. The molecular weight excluding hydrogens is 559 g/mol. The molecule has 10 heteroatoms. The molecule has 0 aromatic heterocycles. The lowest BCUT2D eigenvalue weighted by atomic mass is 9.67. The van der Waals surface area contributed by atoms with E-state index >= 15 is 0 Å². The predicted octanol–water partition coefficient (Wildman–Crippen LogP) is 5.78. The van der Waals surface area contributed by atoms with Crippen LogP contribution < -0.4 is 4.72 Å². The molecule has 0 bridgehead atoms. The third kappa shape index (κ3) is 5.71. The van der Waals surface area contributed by atoms with Gasteiger partial charge in [-0.3, -0.25) is 9.59 Å². The van der Waals surface area contributed by atoms with Gasteiger partial charge in [0, 0.05) is 28.5 Å². The molecule has 2 aromatic rings. The van der Waals surface area contributed by atoms with Gasteiger partial charge in [-0.05, 0) is 80.3 Å². The van der Waals surface area contributed by atoms with Crippen LogP contribution >= 0.6 is 23.2 Å². The number of benzene rings is 2. The van der Waals surface area contributed by atoms with Crippen LogP contribution in [-0.2, 0) is 19.6 Å². The number of halogens is 2. The smallest absolute Gasteiger partial charge is 0.304 e. The summed E-state index contributed by atoms with van der Waals surface area (Å²) in [6.45, 7) is 3.54. The molecular formula is C29H34Cl2N2O5S. The monoisotopic (exact) mass is 592 g/mol. The topological polar surface area (TPSA) is 104 Å². The Morgan fingerprint density at radius 1 is 1.08 bits per heavy atom. The van der Waals surface area contributed by atoms with Gasteiger partial charge in [-0.1, -0.05) is 54.4 Å². The van der Waals surface area contributed by atoms with E-state index in [1.807, 2.05) is 30.3 Å². The molecule has 0 spiro atoms. The number of nitrogens with one attached hydrogen (secondary N) is 1. The quantitative estimate of drug-likeness (QED) is 0.364. The molecule has 2 saturated carbocycles. The van der Waals surface area contributed by atoms with Gasteiger partial charge in [-0.25, -0.2) is 13.1 Å². The van der Waals surface area contributed by atoms with Crippen LogP contribution in [0.4, 0.5) is 0 Å². The van der Waals surface area contributed by atoms with Gasteiger partial charge >= 0.3 is 5.97 Å². The fourth-order valence-corrected chi connectivity index (χ4v) is 7.73. The maximum absolute atomic E-state index is 14.4. The number of aliphatic carboxylic acids is 1. The van der Waals surface area contributed by atoms with Crippen LogP contribution in [0.2, 0.25) is 10.0 Å². The molecule has 0 unspecified atom stereocenters. The van der Waals surface area contributed by atoms with Crippen LogP contribution in [0.3, 0.4) is 0 Å². The maximum Gasteiger partial charge on any atom is 0.304 e. The first-order chi connectivity index (χ1) is 18.3. The van der Waals surface area contributed by atoms with E-state index in [-0.39, 0.29) is 30.7 Å². The van der Waals surface area contributed by atoms with Crippen molar-refractivity contribution in [2.24, 2.45) is 11.3 Å². The minimum atomic E-state index is -3.57. The SMILES string of the molecule is CC1(S(=O)(=O)NC[C@@H](C2CC2)N2C(=O)[C@@](C)(CC(=O)O)C[C@H](c3cccc(Cl)c3)[C@H]2c2ccc(Cl)cc2)CC1. The van der Waals surface area contributed by atoms with Crippen LogP contribution in [0.1, 0.15) is 75.5 Å². The van der Waals surface area contributed by atoms with Crippen molar-refractivity contribution in [2.75, 3.05) is 6.54 Å². The highest BCUT2D eigenvalue weighted by Crippen LogP contribution is 2.54. The largest absolute Gasteiger partial charge is 0.481 e. The Bertz CT molecular complexity index is 1370. The van der Waals surface area contributed by atoms with E-state index in [1.165, 1.54) is 0 Å². The third-order valence-corrected chi connectivity index (χ3v) is 11.5. The summed E-state index contributed by atoms with van der Waals surface area (Å²) in [4.78, 5) is 28.2. The second kappa shape index (κ2) is 10.4. The zero-order chi connectivity index (χ0) is 28.2. The van der Waals surface area contributed by atoms with Crippen molar-refractivity contribution in [2.45, 2.75) is 75.1 Å². The van der Waals surface area contributed by atoms with E-state index in [1.54, 1.807) is 36.9 Å². The molecule has 1 heterocycles. The fourth-order valence-electron chi connectivity index (χ4n) is 6.03. The number of sulfonamides is 1. The molecule has 3 aliphatic rings. The van der Waals surface area contributed by atoms with E-state index < -0.39 is 38.2 Å². The van der Waals surface area contributed by atoms with Gasteiger partial charge in [0.15, 0.2) is 0 Å². The summed E-state index contributed by atoms with van der Waals surface area (Å²) in [7, 11) is -3.57. The standard InChI is InChI=1S/C29H34Cl2N2O5S/c1-28(16-25(34)35)15-23(20-4-3-5-22(31)14-20)26(19-8-10-21(30)11-9-19)33(27(28)36)24(18-6-7-18)17-32-39(37,38)29(2)12-13-29/h3-5,8-11,14,18,23-24,26,32H,6-7,12-13,15-17H2,1-2H3,(H,34,35)/t23-,24+,26-,28-/m1/s1. The molecule has 0 radical (unpaired) electrons. The highest BCUT2D eigenvalue weighted by atomic mass is 35.5. The van der Waals surface area contributed by atoms with Crippen molar-refractivity contribution < 1.29 is 23.1 Å². The third-order valence-electron chi connectivity index (χ3n) is 8.74. The molecule has 3 fully saturated rings. The molecule has 5 rings (SSSR count). The number of hydrogen-bond donors (Lipinski definition) is 2.